The first-order chi connectivity index (χ1) is 11.5. The summed E-state index contributed by atoms with van der Waals surface area (Å²) in [7, 11) is -2.17. The molecule has 2 N–H and O–H groups in total. The lowest BCUT2D eigenvalue weighted by molar-refractivity contribution is 0.102. The Bertz CT molecular complexity index is 868. The van der Waals surface area contributed by atoms with Gasteiger partial charge in [-0.3, -0.25) is 4.79 Å². The predicted molar refractivity (Wildman–Crippen MR) is 91.4 cm³/mol. The van der Waals surface area contributed by atoms with Crippen molar-refractivity contribution in [3.63, 3.8) is 0 Å². The van der Waals surface area contributed by atoms with Crippen molar-refractivity contribution in [2.75, 3.05) is 19.0 Å². The van der Waals surface area contributed by atoms with Gasteiger partial charge < -0.3 is 10.1 Å². The van der Waals surface area contributed by atoms with Crippen molar-refractivity contribution < 1.29 is 17.9 Å². The molecule has 0 aromatic heterocycles. The van der Waals surface area contributed by atoms with E-state index in [2.05, 4.69) is 16.0 Å². The van der Waals surface area contributed by atoms with Crippen molar-refractivity contribution in [1.29, 1.82) is 0 Å². The van der Waals surface area contributed by atoms with Gasteiger partial charge in [-0.1, -0.05) is 18.1 Å². The molecule has 24 heavy (non-hydrogen) atoms. The molecule has 0 unspecified atom stereocenters. The van der Waals surface area contributed by atoms with E-state index in [1.165, 1.54) is 31.4 Å². The summed E-state index contributed by atoms with van der Waals surface area (Å²) in [4.78, 5) is 12.3. The van der Waals surface area contributed by atoms with Crippen molar-refractivity contribution in [2.45, 2.75) is 4.90 Å². The molecule has 0 saturated carbocycles. The average molecular weight is 344 g/mol. The predicted octanol–water partition coefficient (Wildman–Crippen LogP) is 1.86. The zero-order valence-electron chi connectivity index (χ0n) is 12.9. The first-order valence-electron chi connectivity index (χ1n) is 6.95. The number of hydrogen-bond acceptors (Lipinski definition) is 4. The van der Waals surface area contributed by atoms with Gasteiger partial charge in [0.05, 0.1) is 24.2 Å². The van der Waals surface area contributed by atoms with Gasteiger partial charge in [0.1, 0.15) is 5.75 Å². The van der Waals surface area contributed by atoms with Gasteiger partial charge >= 0.3 is 0 Å². The van der Waals surface area contributed by atoms with Crippen molar-refractivity contribution in [1.82, 2.24) is 4.72 Å². The van der Waals surface area contributed by atoms with Crippen LogP contribution < -0.4 is 14.8 Å². The Morgan fingerprint density at radius 2 is 1.83 bits per heavy atom. The van der Waals surface area contributed by atoms with E-state index in [4.69, 9.17) is 11.2 Å². The van der Waals surface area contributed by atoms with Crippen LogP contribution in [0, 0.1) is 12.3 Å². The zero-order chi connectivity index (χ0) is 17.6. The highest BCUT2D eigenvalue weighted by atomic mass is 32.2. The van der Waals surface area contributed by atoms with Crippen LogP contribution in [0.4, 0.5) is 5.69 Å². The average Bonchev–Trinajstić information content (AvgIpc) is 2.60. The Morgan fingerprint density at radius 1 is 1.17 bits per heavy atom. The number of amides is 1. The van der Waals surface area contributed by atoms with Crippen LogP contribution >= 0.6 is 0 Å². The van der Waals surface area contributed by atoms with Gasteiger partial charge in [0.15, 0.2) is 0 Å². The van der Waals surface area contributed by atoms with Crippen molar-refractivity contribution >= 4 is 21.6 Å². The van der Waals surface area contributed by atoms with Gasteiger partial charge in [-0.25, -0.2) is 8.42 Å². The number of nitrogens with one attached hydrogen (secondary N) is 2. The molecule has 0 spiro atoms. The molecule has 2 rings (SSSR count). The third-order valence-electron chi connectivity index (χ3n) is 3.15. The van der Waals surface area contributed by atoms with E-state index < -0.39 is 10.0 Å². The van der Waals surface area contributed by atoms with E-state index in [1.807, 2.05) is 0 Å². The monoisotopic (exact) mass is 344 g/mol. The number of anilines is 1. The van der Waals surface area contributed by atoms with Gasteiger partial charge in [-0.05, 0) is 36.4 Å². The van der Waals surface area contributed by atoms with E-state index in [0.717, 1.165) is 0 Å². The van der Waals surface area contributed by atoms with E-state index in [-0.39, 0.29) is 17.3 Å². The topological polar surface area (TPSA) is 84.5 Å². The number of sulfonamides is 1. The first kappa shape index (κ1) is 17.5. The van der Waals surface area contributed by atoms with Gasteiger partial charge in [0.2, 0.25) is 10.0 Å². The molecule has 6 nitrogen and oxygen atoms in total. The molecule has 0 aliphatic carbocycles. The number of ether oxygens (including phenoxy) is 1. The summed E-state index contributed by atoms with van der Waals surface area (Å²) in [6.07, 6.45) is 5.03. The Balaban J connectivity index is 2.16. The number of carbonyl (C=O) groups is 1. The quantitative estimate of drug-likeness (QED) is 0.784. The molecule has 7 heteroatoms. The van der Waals surface area contributed by atoms with Crippen LogP contribution in [-0.4, -0.2) is 28.0 Å². The largest absolute Gasteiger partial charge is 0.495 e. The third kappa shape index (κ3) is 4.13. The van der Waals surface area contributed by atoms with Crippen LogP contribution in [0.25, 0.3) is 0 Å². The van der Waals surface area contributed by atoms with Crippen LogP contribution in [0.3, 0.4) is 0 Å². The lowest BCUT2D eigenvalue weighted by Crippen LogP contribution is -2.24. The normalized spacial score (nSPS) is 10.7. The SMILES string of the molecule is C#CCNS(=O)(=O)c1ccc(C(=O)Nc2ccccc2OC)cc1. The van der Waals surface area contributed by atoms with Crippen molar-refractivity contribution in [3.8, 4) is 18.1 Å². The lowest BCUT2D eigenvalue weighted by Gasteiger charge is -2.10. The van der Waals surface area contributed by atoms with Crippen LogP contribution in [-0.2, 0) is 10.0 Å². The zero-order valence-corrected chi connectivity index (χ0v) is 13.8. The molecule has 0 atom stereocenters. The molecular formula is C17H16N2O4S. The molecule has 0 fully saturated rings. The second-order valence-corrected chi connectivity index (χ2v) is 6.47. The van der Waals surface area contributed by atoms with Gasteiger partial charge in [0, 0.05) is 5.56 Å². The fourth-order valence-corrected chi connectivity index (χ4v) is 2.88. The fraction of sp³-hybridized carbons (Fsp3) is 0.118. The highest BCUT2D eigenvalue weighted by Gasteiger charge is 2.14. The summed E-state index contributed by atoms with van der Waals surface area (Å²) in [6, 6.07) is 12.5. The highest BCUT2D eigenvalue weighted by molar-refractivity contribution is 7.89. The van der Waals surface area contributed by atoms with Gasteiger partial charge in [-0.2, -0.15) is 4.72 Å². The highest BCUT2D eigenvalue weighted by Crippen LogP contribution is 2.23. The van der Waals surface area contributed by atoms with Crippen LogP contribution in [0.5, 0.6) is 5.75 Å². The first-order valence-corrected chi connectivity index (χ1v) is 8.44. The maximum atomic E-state index is 12.3. The Kier molecular flexibility index (Phi) is 5.58. The van der Waals surface area contributed by atoms with Crippen LogP contribution in [0.15, 0.2) is 53.4 Å². The number of methoxy groups -OCH3 is 1. The smallest absolute Gasteiger partial charge is 0.255 e. The summed E-state index contributed by atoms with van der Waals surface area (Å²) in [6.45, 7) is -0.0988. The molecule has 2 aromatic carbocycles. The Labute approximate surface area is 140 Å². The maximum absolute atomic E-state index is 12.3. The Morgan fingerprint density at radius 3 is 2.46 bits per heavy atom. The molecule has 0 aliphatic rings. The van der Waals surface area contributed by atoms with Crippen molar-refractivity contribution in [2.24, 2.45) is 0 Å². The Hall–Kier alpha value is -2.82. The summed E-state index contributed by atoms with van der Waals surface area (Å²) in [5.41, 5.74) is 0.842. The third-order valence-corrected chi connectivity index (χ3v) is 4.56. The molecule has 124 valence electrons. The number of benzene rings is 2. The van der Waals surface area contributed by atoms with E-state index in [1.54, 1.807) is 24.3 Å². The second-order valence-electron chi connectivity index (χ2n) is 4.71. The molecule has 0 heterocycles. The van der Waals surface area contributed by atoms with Crippen LogP contribution in [0.1, 0.15) is 10.4 Å². The standard InChI is InChI=1S/C17H16N2O4S/c1-3-12-18-24(21,22)14-10-8-13(9-11-14)17(20)19-15-6-4-5-7-16(15)23-2/h1,4-11,18H,12H2,2H3,(H,19,20). The van der Waals surface area contributed by atoms with Gasteiger partial charge in [-0.15, -0.1) is 6.42 Å². The van der Waals surface area contributed by atoms with Crippen LogP contribution in [0.2, 0.25) is 0 Å². The molecule has 0 bridgehead atoms. The second kappa shape index (κ2) is 7.64. The summed E-state index contributed by atoms with van der Waals surface area (Å²) < 4.78 is 31.3. The number of rotatable bonds is 6. The molecule has 0 radical (unpaired) electrons. The molecular weight excluding hydrogens is 328 g/mol. The van der Waals surface area contributed by atoms with E-state index in [0.29, 0.717) is 17.0 Å². The molecule has 2 aromatic rings. The minimum atomic E-state index is -3.68. The van der Waals surface area contributed by atoms with Gasteiger partial charge in [0.25, 0.3) is 5.91 Å². The minimum absolute atomic E-state index is 0.0339. The van der Waals surface area contributed by atoms with Crippen molar-refractivity contribution in [3.05, 3.63) is 54.1 Å². The lowest BCUT2D eigenvalue weighted by atomic mass is 10.2. The number of para-hydroxylation sites is 2. The maximum Gasteiger partial charge on any atom is 0.255 e. The summed E-state index contributed by atoms with van der Waals surface area (Å²) in [5.74, 6) is 2.35. The molecule has 0 saturated heterocycles. The molecule has 1 amide bonds. The summed E-state index contributed by atoms with van der Waals surface area (Å²) >= 11 is 0. The number of hydrogen-bond donors (Lipinski definition) is 2. The molecule has 0 aliphatic heterocycles. The number of terminal acetylenes is 1. The summed E-state index contributed by atoms with van der Waals surface area (Å²) in [5, 5.41) is 2.71. The minimum Gasteiger partial charge on any atom is -0.495 e. The van der Waals surface area contributed by atoms with E-state index >= 15 is 0 Å². The number of carbonyl (C=O) groups excluding carboxylic acids is 1. The van der Waals surface area contributed by atoms with E-state index in [9.17, 15) is 13.2 Å². The fourth-order valence-electron chi connectivity index (χ4n) is 1.95.